The lowest BCUT2D eigenvalue weighted by Crippen LogP contribution is -2.07. The molecule has 1 N–H and O–H groups in total. The van der Waals surface area contributed by atoms with Gasteiger partial charge in [-0.1, -0.05) is 23.5 Å². The topological polar surface area (TPSA) is 68.3 Å². The van der Waals surface area contributed by atoms with Gasteiger partial charge in [-0.25, -0.2) is 4.98 Å². The van der Waals surface area contributed by atoms with E-state index < -0.39 is 0 Å². The number of rotatable bonds is 5. The highest BCUT2D eigenvalue weighted by Crippen LogP contribution is 2.22. The molecule has 6 heteroatoms. The van der Waals surface area contributed by atoms with Crippen LogP contribution in [-0.4, -0.2) is 23.8 Å². The Morgan fingerprint density at radius 1 is 1.27 bits per heavy atom. The number of nitrogens with zero attached hydrogens (tertiary/aromatic N) is 1. The van der Waals surface area contributed by atoms with Crippen LogP contribution in [-0.2, 0) is 4.79 Å². The predicted molar refractivity (Wildman–Crippen MR) is 87.5 cm³/mol. The van der Waals surface area contributed by atoms with Crippen LogP contribution in [0.3, 0.4) is 0 Å². The fourth-order valence-electron chi connectivity index (χ4n) is 1.81. The van der Waals surface area contributed by atoms with Gasteiger partial charge >= 0.3 is 0 Å². The number of carbonyl (C=O) groups is 2. The highest BCUT2D eigenvalue weighted by atomic mass is 32.1. The van der Waals surface area contributed by atoms with Crippen LogP contribution in [0.4, 0.5) is 5.13 Å². The van der Waals surface area contributed by atoms with Crippen LogP contribution in [0, 0.1) is 6.92 Å². The summed E-state index contributed by atoms with van der Waals surface area (Å²) in [6.07, 6.45) is 3.12. The van der Waals surface area contributed by atoms with E-state index >= 15 is 0 Å². The van der Waals surface area contributed by atoms with E-state index in [0.717, 1.165) is 11.3 Å². The maximum atomic E-state index is 11.9. The Kier molecular flexibility index (Phi) is 5.06. The number of Topliss-reactive ketones (excluding diaryl/α,β-unsaturated/α-hetero) is 1. The number of amides is 1. The van der Waals surface area contributed by atoms with Crippen LogP contribution in [0.25, 0.3) is 6.08 Å². The number of aryl methyl sites for hydroxylation is 1. The molecule has 0 aliphatic carbocycles. The Morgan fingerprint density at radius 2 is 1.95 bits per heavy atom. The normalized spacial score (nSPS) is 10.7. The van der Waals surface area contributed by atoms with Crippen LogP contribution in [0.15, 0.2) is 30.3 Å². The first-order chi connectivity index (χ1) is 10.5. The van der Waals surface area contributed by atoms with Crippen molar-refractivity contribution >= 4 is 34.2 Å². The first-order valence-corrected chi connectivity index (χ1v) is 7.42. The highest BCUT2D eigenvalue weighted by Gasteiger charge is 2.12. The summed E-state index contributed by atoms with van der Waals surface area (Å²) < 4.78 is 5.07. The monoisotopic (exact) mass is 316 g/mol. The van der Waals surface area contributed by atoms with Gasteiger partial charge in [0, 0.05) is 13.0 Å². The fraction of sp³-hybridized carbons (Fsp3) is 0.188. The Bertz CT molecular complexity index is 717. The van der Waals surface area contributed by atoms with Gasteiger partial charge in [-0.3, -0.25) is 14.9 Å². The number of ether oxygens (including phenoxy) is 1. The molecule has 0 unspecified atom stereocenters. The van der Waals surface area contributed by atoms with Crippen molar-refractivity contribution in [2.24, 2.45) is 0 Å². The molecule has 0 spiro atoms. The summed E-state index contributed by atoms with van der Waals surface area (Å²) in [5.74, 6) is 0.417. The van der Waals surface area contributed by atoms with Gasteiger partial charge in [-0.15, -0.1) is 0 Å². The van der Waals surface area contributed by atoms with E-state index in [1.807, 2.05) is 24.3 Å². The summed E-state index contributed by atoms with van der Waals surface area (Å²) in [5, 5.41) is 3.08. The molecule has 1 heterocycles. The lowest BCUT2D eigenvalue weighted by Gasteiger charge is -1.99. The smallest absolute Gasteiger partial charge is 0.250 e. The maximum absolute atomic E-state index is 11.9. The molecule has 22 heavy (non-hydrogen) atoms. The molecule has 0 atom stereocenters. The van der Waals surface area contributed by atoms with Crippen molar-refractivity contribution in [3.05, 3.63) is 46.5 Å². The predicted octanol–water partition coefficient (Wildman–Crippen LogP) is 3.31. The first kappa shape index (κ1) is 15.9. The zero-order chi connectivity index (χ0) is 16.1. The fourth-order valence-corrected chi connectivity index (χ4v) is 2.68. The molecule has 0 saturated carbocycles. The lowest BCUT2D eigenvalue weighted by molar-refractivity contribution is -0.111. The Morgan fingerprint density at radius 3 is 2.50 bits per heavy atom. The molecule has 0 aliphatic heterocycles. The third kappa shape index (κ3) is 4.02. The summed E-state index contributed by atoms with van der Waals surface area (Å²) in [7, 11) is 1.60. The largest absolute Gasteiger partial charge is 0.497 e. The Hall–Kier alpha value is -2.47. The van der Waals surface area contributed by atoms with Crippen LogP contribution in [0.2, 0.25) is 0 Å². The van der Waals surface area contributed by atoms with Gasteiger partial charge in [0.15, 0.2) is 10.9 Å². The van der Waals surface area contributed by atoms with Crippen molar-refractivity contribution in [3.8, 4) is 5.75 Å². The molecular weight excluding hydrogens is 300 g/mol. The number of anilines is 1. The Labute approximate surface area is 132 Å². The van der Waals surface area contributed by atoms with E-state index in [2.05, 4.69) is 10.3 Å². The second-order valence-electron chi connectivity index (χ2n) is 4.59. The molecule has 5 nitrogen and oxygen atoms in total. The average molecular weight is 316 g/mol. The minimum Gasteiger partial charge on any atom is -0.497 e. The quantitative estimate of drug-likeness (QED) is 0.679. The van der Waals surface area contributed by atoms with Crippen LogP contribution in [0.1, 0.15) is 27.9 Å². The molecule has 0 radical (unpaired) electrons. The summed E-state index contributed by atoms with van der Waals surface area (Å²) >= 11 is 1.18. The van der Waals surface area contributed by atoms with Gasteiger partial charge in [-0.2, -0.15) is 0 Å². The van der Waals surface area contributed by atoms with Crippen molar-refractivity contribution in [2.45, 2.75) is 13.8 Å². The van der Waals surface area contributed by atoms with E-state index in [-0.39, 0.29) is 11.7 Å². The number of hydrogen-bond donors (Lipinski definition) is 1. The SMILES string of the molecule is COc1ccc(/C=C/C(=O)Nc2nc(C)c(C(C)=O)s2)cc1. The van der Waals surface area contributed by atoms with Crippen molar-refractivity contribution in [2.75, 3.05) is 12.4 Å². The van der Waals surface area contributed by atoms with E-state index in [1.165, 1.54) is 24.3 Å². The van der Waals surface area contributed by atoms with Gasteiger partial charge in [0.25, 0.3) is 0 Å². The van der Waals surface area contributed by atoms with Crippen LogP contribution >= 0.6 is 11.3 Å². The summed E-state index contributed by atoms with van der Waals surface area (Å²) in [6, 6.07) is 7.34. The summed E-state index contributed by atoms with van der Waals surface area (Å²) in [6.45, 7) is 3.23. The minimum absolute atomic E-state index is 0.0516. The maximum Gasteiger partial charge on any atom is 0.250 e. The van der Waals surface area contributed by atoms with Crippen molar-refractivity contribution in [3.63, 3.8) is 0 Å². The van der Waals surface area contributed by atoms with Crippen molar-refractivity contribution in [1.29, 1.82) is 0 Å². The molecule has 2 aromatic rings. The molecule has 0 saturated heterocycles. The zero-order valence-corrected chi connectivity index (χ0v) is 13.4. The molecule has 114 valence electrons. The molecule has 1 aromatic carbocycles. The molecule has 0 bridgehead atoms. The van der Waals surface area contributed by atoms with Gasteiger partial charge in [0.05, 0.1) is 17.7 Å². The van der Waals surface area contributed by atoms with Crippen LogP contribution in [0.5, 0.6) is 5.75 Å². The van der Waals surface area contributed by atoms with Crippen LogP contribution < -0.4 is 10.1 Å². The van der Waals surface area contributed by atoms with Gasteiger partial charge < -0.3 is 4.74 Å². The number of benzene rings is 1. The van der Waals surface area contributed by atoms with E-state index in [1.54, 1.807) is 20.1 Å². The second-order valence-corrected chi connectivity index (χ2v) is 5.58. The zero-order valence-electron chi connectivity index (χ0n) is 12.5. The summed E-state index contributed by atoms with van der Waals surface area (Å²) in [5.41, 5.74) is 1.52. The lowest BCUT2D eigenvalue weighted by atomic mass is 10.2. The summed E-state index contributed by atoms with van der Waals surface area (Å²) in [4.78, 5) is 27.9. The number of carbonyl (C=O) groups excluding carboxylic acids is 2. The first-order valence-electron chi connectivity index (χ1n) is 6.61. The third-order valence-corrected chi connectivity index (χ3v) is 4.06. The number of hydrogen-bond acceptors (Lipinski definition) is 5. The number of ketones is 1. The molecule has 1 aromatic heterocycles. The average Bonchev–Trinajstić information content (AvgIpc) is 2.86. The molecule has 2 rings (SSSR count). The van der Waals surface area contributed by atoms with Crippen molar-refractivity contribution in [1.82, 2.24) is 4.98 Å². The highest BCUT2D eigenvalue weighted by molar-refractivity contribution is 7.17. The number of thiazole rings is 1. The minimum atomic E-state index is -0.292. The molecule has 0 aliphatic rings. The number of aromatic nitrogens is 1. The number of methoxy groups -OCH3 is 1. The second kappa shape index (κ2) is 7.00. The Balaban J connectivity index is 2.01. The standard InChI is InChI=1S/C16H16N2O3S/c1-10-15(11(2)19)22-16(17-10)18-14(20)9-6-12-4-7-13(21-3)8-5-12/h4-9H,1-3H3,(H,17,18,20)/b9-6+. The van der Waals surface area contributed by atoms with Crippen molar-refractivity contribution < 1.29 is 14.3 Å². The molecule has 0 fully saturated rings. The third-order valence-electron chi connectivity index (χ3n) is 2.89. The molecule has 1 amide bonds. The van der Waals surface area contributed by atoms with E-state index in [4.69, 9.17) is 4.74 Å². The van der Waals surface area contributed by atoms with E-state index in [9.17, 15) is 9.59 Å². The van der Waals surface area contributed by atoms with Gasteiger partial charge in [-0.05, 0) is 30.7 Å². The number of nitrogens with one attached hydrogen (secondary N) is 1. The van der Waals surface area contributed by atoms with Gasteiger partial charge in [0.1, 0.15) is 5.75 Å². The molecular formula is C16H16N2O3S. The van der Waals surface area contributed by atoms with E-state index in [0.29, 0.717) is 15.7 Å². The van der Waals surface area contributed by atoms with Gasteiger partial charge in [0.2, 0.25) is 5.91 Å².